The Balaban J connectivity index is 1.74. The van der Waals surface area contributed by atoms with Gasteiger partial charge in [0.2, 0.25) is 0 Å². The molecule has 2 saturated heterocycles. The lowest BCUT2D eigenvalue weighted by Gasteiger charge is -2.38. The second-order valence-corrected chi connectivity index (χ2v) is 18.2. The maximum atomic E-state index is 13.3. The smallest absolute Gasteiger partial charge is 0.410 e. The number of nitro benzene ring substituents is 1. The largest absolute Gasteiger partial charge is 0.445 e. The predicted octanol–water partition coefficient (Wildman–Crippen LogP) is 5.17. The van der Waals surface area contributed by atoms with Crippen molar-refractivity contribution in [1.82, 2.24) is 9.80 Å². The Kier molecular flexibility index (Phi) is 9.57. The molecular weight excluding hydrogens is 534 g/mol. The van der Waals surface area contributed by atoms with E-state index in [1.54, 1.807) is 21.9 Å². The van der Waals surface area contributed by atoms with E-state index in [9.17, 15) is 24.8 Å². The van der Waals surface area contributed by atoms with Gasteiger partial charge in [0.25, 0.3) is 5.69 Å². The first-order valence-electron chi connectivity index (χ1n) is 13.8. The number of aliphatic hydroxyl groups excluding tert-OH is 1. The van der Waals surface area contributed by atoms with Crippen LogP contribution in [-0.4, -0.2) is 84.3 Å². The Morgan fingerprint density at radius 3 is 2.20 bits per heavy atom. The zero-order valence-corrected chi connectivity index (χ0v) is 26.0. The first-order chi connectivity index (χ1) is 18.4. The van der Waals surface area contributed by atoms with Crippen LogP contribution in [0.2, 0.25) is 18.1 Å². The van der Waals surface area contributed by atoms with E-state index in [4.69, 9.17) is 13.9 Å². The quantitative estimate of drug-likeness (QED) is 0.266. The number of carbonyl (C=O) groups excluding carboxylic acids is 2. The van der Waals surface area contributed by atoms with Crippen LogP contribution in [0.15, 0.2) is 24.3 Å². The first-order valence-corrected chi connectivity index (χ1v) is 16.8. The highest BCUT2D eigenvalue weighted by atomic mass is 28.4. The van der Waals surface area contributed by atoms with E-state index >= 15 is 0 Å². The third-order valence-corrected chi connectivity index (χ3v) is 12.7. The van der Waals surface area contributed by atoms with Crippen molar-refractivity contribution in [3.8, 4) is 0 Å². The van der Waals surface area contributed by atoms with E-state index in [1.165, 1.54) is 12.1 Å². The van der Waals surface area contributed by atoms with Crippen LogP contribution in [0.5, 0.6) is 0 Å². The summed E-state index contributed by atoms with van der Waals surface area (Å²) in [6.45, 7) is 17.2. The third-order valence-electron chi connectivity index (χ3n) is 8.19. The van der Waals surface area contributed by atoms with Crippen LogP contribution in [0, 0.1) is 22.0 Å². The average molecular weight is 580 g/mol. The number of nitrogens with zero attached hydrogens (tertiary/aromatic N) is 3. The van der Waals surface area contributed by atoms with Crippen molar-refractivity contribution in [3.05, 3.63) is 39.9 Å². The molecule has 12 heteroatoms. The number of aliphatic hydroxyl groups is 1. The van der Waals surface area contributed by atoms with Gasteiger partial charge in [0, 0.05) is 56.3 Å². The number of amides is 2. The monoisotopic (exact) mass is 579 g/mol. The van der Waals surface area contributed by atoms with Crippen molar-refractivity contribution in [3.63, 3.8) is 0 Å². The number of carbonyl (C=O) groups is 2. The van der Waals surface area contributed by atoms with Crippen LogP contribution in [0.1, 0.15) is 53.5 Å². The standard InChI is InChI=1S/C28H45N3O8Si/c1-27(2,3)38-26(34)30-15-22(39-40(7,8)28(4,5)6)13-24(30)23-16-29(14-20(23)17-32)25(33)37-18-19-9-11-21(12-10-19)31(35)36/h9-12,20,22-24,32H,13-18H2,1-8H3/t20?,22-,23?,24+/m1/s1. The van der Waals surface area contributed by atoms with Crippen molar-refractivity contribution in [2.24, 2.45) is 11.8 Å². The average Bonchev–Trinajstić information content (AvgIpc) is 3.45. The molecule has 2 heterocycles. The molecule has 1 aromatic rings. The zero-order valence-electron chi connectivity index (χ0n) is 25.0. The van der Waals surface area contributed by atoms with Gasteiger partial charge >= 0.3 is 12.2 Å². The Morgan fingerprint density at radius 1 is 1.05 bits per heavy atom. The van der Waals surface area contributed by atoms with Gasteiger partial charge in [-0.25, -0.2) is 9.59 Å². The lowest BCUT2D eigenvalue weighted by Crippen LogP contribution is -2.46. The van der Waals surface area contributed by atoms with E-state index in [2.05, 4.69) is 33.9 Å². The maximum Gasteiger partial charge on any atom is 0.410 e. The van der Waals surface area contributed by atoms with Crippen molar-refractivity contribution in [1.29, 1.82) is 0 Å². The first kappa shape index (κ1) is 31.8. The summed E-state index contributed by atoms with van der Waals surface area (Å²) >= 11 is 0. The van der Waals surface area contributed by atoms with E-state index in [0.29, 0.717) is 31.6 Å². The fourth-order valence-electron chi connectivity index (χ4n) is 5.07. The minimum atomic E-state index is -2.11. The van der Waals surface area contributed by atoms with Crippen LogP contribution < -0.4 is 0 Å². The van der Waals surface area contributed by atoms with Gasteiger partial charge in [-0.3, -0.25) is 10.1 Å². The lowest BCUT2D eigenvalue weighted by molar-refractivity contribution is -0.384. The number of likely N-dealkylation sites (tertiary alicyclic amines) is 2. The second kappa shape index (κ2) is 12.0. The molecule has 0 aromatic heterocycles. The van der Waals surface area contributed by atoms with Crippen molar-refractivity contribution in [2.45, 2.75) is 90.4 Å². The molecule has 2 amide bonds. The van der Waals surface area contributed by atoms with E-state index in [0.717, 1.165) is 0 Å². The molecule has 2 fully saturated rings. The zero-order chi connectivity index (χ0) is 30.0. The number of benzene rings is 1. The Bertz CT molecular complexity index is 1070. The molecule has 1 N–H and O–H groups in total. The van der Waals surface area contributed by atoms with Crippen LogP contribution in [0.25, 0.3) is 0 Å². The number of hydrogen-bond donors (Lipinski definition) is 1. The summed E-state index contributed by atoms with van der Waals surface area (Å²) in [6, 6.07) is 5.56. The summed E-state index contributed by atoms with van der Waals surface area (Å²) in [7, 11) is -2.11. The van der Waals surface area contributed by atoms with Gasteiger partial charge in [-0.05, 0) is 63.0 Å². The van der Waals surface area contributed by atoms with E-state index in [-0.39, 0.29) is 47.9 Å². The Morgan fingerprint density at radius 2 is 1.68 bits per heavy atom. The van der Waals surface area contributed by atoms with Crippen molar-refractivity contribution in [2.75, 3.05) is 26.2 Å². The molecule has 0 aliphatic carbocycles. The highest BCUT2D eigenvalue weighted by Crippen LogP contribution is 2.41. The number of hydrogen-bond acceptors (Lipinski definition) is 8. The molecule has 2 aliphatic heterocycles. The maximum absolute atomic E-state index is 13.3. The molecule has 0 saturated carbocycles. The minimum absolute atomic E-state index is 0.00700. The van der Waals surface area contributed by atoms with Crippen LogP contribution in [-0.2, 0) is 20.5 Å². The number of nitro groups is 1. The topological polar surface area (TPSA) is 132 Å². The number of ether oxygens (including phenoxy) is 2. The van der Waals surface area contributed by atoms with Gasteiger partial charge in [-0.1, -0.05) is 20.8 Å². The molecule has 4 atom stereocenters. The number of non-ortho nitro benzene ring substituents is 1. The molecule has 1 aromatic carbocycles. The molecular formula is C28H45N3O8Si. The third kappa shape index (κ3) is 7.73. The molecule has 224 valence electrons. The molecule has 0 spiro atoms. The van der Waals surface area contributed by atoms with E-state index in [1.807, 2.05) is 20.8 Å². The lowest BCUT2D eigenvalue weighted by atomic mass is 9.88. The fraction of sp³-hybridized carbons (Fsp3) is 0.714. The van der Waals surface area contributed by atoms with Crippen LogP contribution in [0.4, 0.5) is 15.3 Å². The number of rotatable bonds is 7. The SMILES string of the molecule is CC(C)(C)OC(=O)N1C[C@H](O[Si](C)(C)C(C)(C)C)C[C@H]1C1CN(C(=O)OCc2ccc([N+](=O)[O-])cc2)CC1CO. The summed E-state index contributed by atoms with van der Waals surface area (Å²) in [6.07, 6.45) is -0.524. The van der Waals surface area contributed by atoms with Gasteiger partial charge in [0.1, 0.15) is 12.2 Å². The Labute approximate surface area is 238 Å². The van der Waals surface area contributed by atoms with Gasteiger partial charge in [0.15, 0.2) is 8.32 Å². The van der Waals surface area contributed by atoms with Crippen molar-refractivity contribution >= 4 is 26.2 Å². The highest BCUT2D eigenvalue weighted by Gasteiger charge is 2.50. The summed E-state index contributed by atoms with van der Waals surface area (Å²) in [4.78, 5) is 40.0. The molecule has 40 heavy (non-hydrogen) atoms. The van der Waals surface area contributed by atoms with Gasteiger partial charge in [-0.15, -0.1) is 0 Å². The fourth-order valence-corrected chi connectivity index (χ4v) is 6.42. The minimum Gasteiger partial charge on any atom is -0.445 e. The summed E-state index contributed by atoms with van der Waals surface area (Å²) in [5, 5.41) is 21.1. The van der Waals surface area contributed by atoms with Crippen LogP contribution in [0.3, 0.4) is 0 Å². The highest BCUT2D eigenvalue weighted by molar-refractivity contribution is 6.74. The molecule has 0 radical (unpaired) electrons. The van der Waals surface area contributed by atoms with Crippen LogP contribution >= 0.6 is 0 Å². The normalized spacial score (nSPS) is 23.8. The van der Waals surface area contributed by atoms with Gasteiger partial charge < -0.3 is 28.8 Å². The summed E-state index contributed by atoms with van der Waals surface area (Å²) in [5.41, 5.74) is -0.0733. The molecule has 2 aliphatic rings. The van der Waals surface area contributed by atoms with Gasteiger partial charge in [0.05, 0.1) is 11.0 Å². The second-order valence-electron chi connectivity index (χ2n) is 13.4. The molecule has 11 nitrogen and oxygen atoms in total. The summed E-state index contributed by atoms with van der Waals surface area (Å²) < 4.78 is 17.9. The van der Waals surface area contributed by atoms with E-state index < -0.39 is 31.0 Å². The molecule has 3 rings (SSSR count). The molecule has 0 bridgehead atoms. The van der Waals surface area contributed by atoms with Crippen molar-refractivity contribution < 1.29 is 33.5 Å². The molecule has 2 unspecified atom stereocenters. The predicted molar refractivity (Wildman–Crippen MR) is 152 cm³/mol. The van der Waals surface area contributed by atoms with Gasteiger partial charge in [-0.2, -0.15) is 0 Å². The summed E-state index contributed by atoms with van der Waals surface area (Å²) in [5.74, 6) is -0.425. The Hall–Kier alpha value is -2.70.